The fraction of sp³-hybridized carbons (Fsp3) is 0.667. The van der Waals surface area contributed by atoms with Crippen molar-refractivity contribution in [2.45, 2.75) is 79.6 Å². The van der Waals surface area contributed by atoms with Crippen molar-refractivity contribution in [2.75, 3.05) is 0 Å². The molecule has 1 heteroatoms. The highest BCUT2D eigenvalue weighted by Gasteiger charge is 2.17. The third-order valence-electron chi connectivity index (χ3n) is 4.14. The summed E-state index contributed by atoms with van der Waals surface area (Å²) in [5.74, 6) is 0.575. The van der Waals surface area contributed by atoms with E-state index in [2.05, 4.69) is 34.6 Å². The normalized spacial score (nSPS) is 11.0. The van der Waals surface area contributed by atoms with Crippen molar-refractivity contribution in [3.05, 3.63) is 27.8 Å². The van der Waals surface area contributed by atoms with Gasteiger partial charge in [-0.15, -0.1) is 0 Å². The van der Waals surface area contributed by atoms with E-state index < -0.39 is 0 Å². The number of phenols is 1. The van der Waals surface area contributed by atoms with Crippen LogP contribution in [-0.2, 0) is 19.3 Å². The molecule has 19 heavy (non-hydrogen) atoms. The lowest BCUT2D eigenvalue weighted by atomic mass is 9.86. The third kappa shape index (κ3) is 3.52. The number of aromatic hydroxyl groups is 1. The van der Waals surface area contributed by atoms with Crippen LogP contribution in [0.5, 0.6) is 5.75 Å². The van der Waals surface area contributed by atoms with Crippen LogP contribution in [0.1, 0.15) is 74.3 Å². The maximum absolute atomic E-state index is 10.6. The predicted octanol–water partition coefficient (Wildman–Crippen LogP) is 5.26. The molecule has 0 aliphatic heterocycles. The minimum Gasteiger partial charge on any atom is -0.507 e. The van der Waals surface area contributed by atoms with Crippen LogP contribution in [0.25, 0.3) is 0 Å². The lowest BCUT2D eigenvalue weighted by Crippen LogP contribution is -2.05. The van der Waals surface area contributed by atoms with Crippen LogP contribution in [0.4, 0.5) is 0 Å². The Labute approximate surface area is 119 Å². The topological polar surface area (TPSA) is 20.2 Å². The molecule has 0 fully saturated rings. The Bertz CT molecular complexity index is 418. The first-order valence-corrected chi connectivity index (χ1v) is 7.91. The van der Waals surface area contributed by atoms with Crippen LogP contribution < -0.4 is 0 Å². The molecule has 0 saturated carbocycles. The van der Waals surface area contributed by atoms with E-state index >= 15 is 0 Å². The third-order valence-corrected chi connectivity index (χ3v) is 4.14. The van der Waals surface area contributed by atoms with Crippen molar-refractivity contribution >= 4 is 0 Å². The van der Waals surface area contributed by atoms with Gasteiger partial charge in [0.05, 0.1) is 0 Å². The molecule has 0 aliphatic rings. The van der Waals surface area contributed by atoms with E-state index in [4.69, 9.17) is 0 Å². The van der Waals surface area contributed by atoms with Gasteiger partial charge in [-0.25, -0.2) is 0 Å². The molecule has 108 valence electrons. The molecule has 1 aromatic rings. The minimum absolute atomic E-state index is 0.575. The molecule has 0 atom stereocenters. The molecule has 0 aliphatic carbocycles. The zero-order valence-electron chi connectivity index (χ0n) is 13.4. The van der Waals surface area contributed by atoms with Crippen LogP contribution in [0.2, 0.25) is 0 Å². The molecular formula is C18H30O. The Morgan fingerprint density at radius 2 is 1.26 bits per heavy atom. The largest absolute Gasteiger partial charge is 0.507 e. The van der Waals surface area contributed by atoms with Crippen LogP contribution in [-0.4, -0.2) is 5.11 Å². The first-order chi connectivity index (χ1) is 9.08. The van der Waals surface area contributed by atoms with Crippen molar-refractivity contribution in [3.63, 3.8) is 0 Å². The first-order valence-electron chi connectivity index (χ1n) is 7.91. The van der Waals surface area contributed by atoms with E-state index in [-0.39, 0.29) is 0 Å². The number of hydrogen-bond donors (Lipinski definition) is 1. The smallest absolute Gasteiger partial charge is 0.122 e. The SMILES string of the molecule is CCCCc1c(O)c(C)c(CCC)c(C)c1CCC. The number of phenolic OH excluding ortho intramolecular Hbond substituents is 1. The second-order valence-corrected chi connectivity index (χ2v) is 5.64. The average molecular weight is 262 g/mol. The zero-order valence-corrected chi connectivity index (χ0v) is 13.4. The first kappa shape index (κ1) is 16.1. The van der Waals surface area contributed by atoms with E-state index in [1.54, 1.807) is 0 Å². The highest BCUT2D eigenvalue weighted by molar-refractivity contribution is 5.54. The van der Waals surface area contributed by atoms with Gasteiger partial charge in [0.25, 0.3) is 0 Å². The van der Waals surface area contributed by atoms with E-state index in [0.717, 1.165) is 44.1 Å². The molecule has 0 spiro atoms. The highest BCUT2D eigenvalue weighted by Crippen LogP contribution is 2.35. The maximum atomic E-state index is 10.6. The van der Waals surface area contributed by atoms with Crippen LogP contribution in [0.15, 0.2) is 0 Å². The Balaban J connectivity index is 3.35. The second-order valence-electron chi connectivity index (χ2n) is 5.64. The van der Waals surface area contributed by atoms with Crippen molar-refractivity contribution in [1.82, 2.24) is 0 Å². The number of rotatable bonds is 7. The van der Waals surface area contributed by atoms with Crippen molar-refractivity contribution in [1.29, 1.82) is 0 Å². The molecule has 0 bridgehead atoms. The van der Waals surface area contributed by atoms with Gasteiger partial charge in [-0.1, -0.05) is 40.0 Å². The van der Waals surface area contributed by atoms with Gasteiger partial charge in [0, 0.05) is 0 Å². The summed E-state index contributed by atoms with van der Waals surface area (Å²) in [5.41, 5.74) is 6.57. The van der Waals surface area contributed by atoms with Gasteiger partial charge >= 0.3 is 0 Å². The molecule has 1 N–H and O–H groups in total. The number of benzene rings is 1. The lowest BCUT2D eigenvalue weighted by Gasteiger charge is -2.21. The van der Waals surface area contributed by atoms with E-state index in [0.29, 0.717) is 5.75 Å². The fourth-order valence-corrected chi connectivity index (χ4v) is 3.04. The van der Waals surface area contributed by atoms with E-state index in [9.17, 15) is 5.11 Å². The molecule has 1 rings (SSSR count). The highest BCUT2D eigenvalue weighted by atomic mass is 16.3. The molecule has 0 heterocycles. The van der Waals surface area contributed by atoms with Crippen molar-refractivity contribution < 1.29 is 5.11 Å². The standard InChI is InChI=1S/C18H30O/c1-6-9-12-17-16(11-8-3)13(4)15(10-7-2)14(5)18(17)19/h19H,6-12H2,1-5H3. The Kier molecular flexibility index (Phi) is 6.41. The monoisotopic (exact) mass is 262 g/mol. The van der Waals surface area contributed by atoms with E-state index in [1.165, 1.54) is 28.7 Å². The maximum Gasteiger partial charge on any atom is 0.122 e. The summed E-state index contributed by atoms with van der Waals surface area (Å²) >= 11 is 0. The van der Waals surface area contributed by atoms with Crippen molar-refractivity contribution in [3.8, 4) is 5.75 Å². The summed E-state index contributed by atoms with van der Waals surface area (Å²) in [5, 5.41) is 10.6. The van der Waals surface area contributed by atoms with Gasteiger partial charge in [-0.2, -0.15) is 0 Å². The fourth-order valence-electron chi connectivity index (χ4n) is 3.04. The quantitative estimate of drug-likeness (QED) is 0.711. The Hall–Kier alpha value is -0.980. The summed E-state index contributed by atoms with van der Waals surface area (Å²) in [6.07, 6.45) is 7.82. The molecule has 0 amide bonds. The molecule has 1 nitrogen and oxygen atoms in total. The summed E-state index contributed by atoms with van der Waals surface area (Å²) in [6, 6.07) is 0. The lowest BCUT2D eigenvalue weighted by molar-refractivity contribution is 0.459. The second kappa shape index (κ2) is 7.57. The van der Waals surface area contributed by atoms with Gasteiger partial charge in [0.1, 0.15) is 5.75 Å². The van der Waals surface area contributed by atoms with Crippen LogP contribution in [0.3, 0.4) is 0 Å². The van der Waals surface area contributed by atoms with Gasteiger partial charge in [-0.3, -0.25) is 0 Å². The summed E-state index contributed by atoms with van der Waals surface area (Å²) in [4.78, 5) is 0. The summed E-state index contributed by atoms with van der Waals surface area (Å²) in [6.45, 7) is 11.0. The summed E-state index contributed by atoms with van der Waals surface area (Å²) in [7, 11) is 0. The Morgan fingerprint density at radius 1 is 0.684 bits per heavy atom. The Morgan fingerprint density at radius 3 is 1.79 bits per heavy atom. The zero-order chi connectivity index (χ0) is 14.4. The van der Waals surface area contributed by atoms with Gasteiger partial charge in [-0.05, 0) is 67.3 Å². The van der Waals surface area contributed by atoms with Gasteiger partial charge in [0.2, 0.25) is 0 Å². The minimum atomic E-state index is 0.575. The van der Waals surface area contributed by atoms with Crippen molar-refractivity contribution in [2.24, 2.45) is 0 Å². The molecule has 0 radical (unpaired) electrons. The van der Waals surface area contributed by atoms with Crippen LogP contribution >= 0.6 is 0 Å². The predicted molar refractivity (Wildman–Crippen MR) is 84.2 cm³/mol. The van der Waals surface area contributed by atoms with E-state index in [1.807, 2.05) is 0 Å². The average Bonchev–Trinajstić information content (AvgIpc) is 2.40. The molecular weight excluding hydrogens is 232 g/mol. The van der Waals surface area contributed by atoms with Gasteiger partial charge in [0.15, 0.2) is 0 Å². The van der Waals surface area contributed by atoms with Gasteiger partial charge < -0.3 is 5.11 Å². The number of hydrogen-bond acceptors (Lipinski definition) is 1. The molecule has 0 aromatic heterocycles. The molecule has 0 saturated heterocycles. The van der Waals surface area contributed by atoms with Crippen LogP contribution in [0, 0.1) is 13.8 Å². The summed E-state index contributed by atoms with van der Waals surface area (Å²) < 4.78 is 0. The number of unbranched alkanes of at least 4 members (excludes halogenated alkanes) is 1. The molecule has 0 unspecified atom stereocenters. The molecule has 1 aromatic carbocycles.